The molecule has 4 nitrogen and oxygen atoms in total. The van der Waals surface area contributed by atoms with E-state index < -0.39 is 5.92 Å². The van der Waals surface area contributed by atoms with Crippen LogP contribution in [0.5, 0.6) is 5.75 Å². The van der Waals surface area contributed by atoms with E-state index in [9.17, 15) is 9.59 Å². The van der Waals surface area contributed by atoms with Gasteiger partial charge in [0.05, 0.1) is 12.3 Å². The Labute approximate surface area is 200 Å². The van der Waals surface area contributed by atoms with Crippen molar-refractivity contribution in [1.29, 1.82) is 0 Å². The maximum absolute atomic E-state index is 13.0. The first-order chi connectivity index (χ1) is 16.4. The second-order valence-electron chi connectivity index (χ2n) is 8.76. The van der Waals surface area contributed by atoms with E-state index in [0.29, 0.717) is 12.2 Å². The molecule has 4 rings (SSSR count). The van der Waals surface area contributed by atoms with E-state index in [1.807, 2.05) is 68.4 Å². The van der Waals surface area contributed by atoms with Gasteiger partial charge < -0.3 is 10.5 Å². The number of esters is 1. The van der Waals surface area contributed by atoms with Crippen molar-refractivity contribution < 1.29 is 14.3 Å². The molecule has 4 heteroatoms. The van der Waals surface area contributed by atoms with Gasteiger partial charge in [-0.2, -0.15) is 0 Å². The van der Waals surface area contributed by atoms with E-state index in [1.165, 1.54) is 0 Å². The predicted molar refractivity (Wildman–Crippen MR) is 136 cm³/mol. The van der Waals surface area contributed by atoms with Crippen molar-refractivity contribution in [2.45, 2.75) is 32.6 Å². The molecule has 4 aromatic carbocycles. The Bertz CT molecular complexity index is 1320. The lowest BCUT2D eigenvalue weighted by atomic mass is 9.90. The molecule has 0 spiro atoms. The second-order valence-corrected chi connectivity index (χ2v) is 8.76. The molecule has 0 heterocycles. The maximum atomic E-state index is 13.0. The van der Waals surface area contributed by atoms with Crippen LogP contribution in [-0.2, 0) is 22.4 Å². The molecular weight excluding hydrogens is 422 g/mol. The van der Waals surface area contributed by atoms with Crippen molar-refractivity contribution in [1.82, 2.24) is 0 Å². The lowest BCUT2D eigenvalue weighted by Gasteiger charge is -2.15. The van der Waals surface area contributed by atoms with Gasteiger partial charge in [-0.1, -0.05) is 78.4 Å². The molecule has 0 radical (unpaired) electrons. The number of hydrogen-bond acceptors (Lipinski definition) is 4. The zero-order chi connectivity index (χ0) is 24.1. The summed E-state index contributed by atoms with van der Waals surface area (Å²) < 4.78 is 5.51. The highest BCUT2D eigenvalue weighted by Gasteiger charge is 2.20. The lowest BCUT2D eigenvalue weighted by molar-refractivity contribution is -0.133. The van der Waals surface area contributed by atoms with Crippen molar-refractivity contribution in [2.24, 2.45) is 5.73 Å². The predicted octanol–water partition coefficient (Wildman–Crippen LogP) is 5.46. The molecule has 0 aliphatic rings. The van der Waals surface area contributed by atoms with Crippen LogP contribution in [0.2, 0.25) is 0 Å². The molecule has 0 bridgehead atoms. The fraction of sp³-hybridized carbons (Fsp3) is 0.200. The maximum Gasteiger partial charge on any atom is 0.315 e. The van der Waals surface area contributed by atoms with Crippen LogP contribution in [0.15, 0.2) is 84.9 Å². The minimum atomic E-state index is -0.411. The van der Waals surface area contributed by atoms with Crippen LogP contribution in [0, 0.1) is 13.8 Å². The highest BCUT2D eigenvalue weighted by molar-refractivity contribution is 5.90. The number of ether oxygens (including phenoxy) is 1. The summed E-state index contributed by atoms with van der Waals surface area (Å²) >= 11 is 0. The number of nitrogens with two attached hydrogens (primary N) is 1. The number of rotatable bonds is 8. The van der Waals surface area contributed by atoms with Gasteiger partial charge in [-0.3, -0.25) is 9.59 Å². The highest BCUT2D eigenvalue weighted by atomic mass is 16.5. The molecule has 0 fully saturated rings. The molecule has 0 saturated carbocycles. The number of Topliss-reactive ketones (excluding diaryl/α,β-unsaturated/α-hetero) is 1. The molecular formula is C30H29NO3. The van der Waals surface area contributed by atoms with Gasteiger partial charge in [0.2, 0.25) is 0 Å². The van der Waals surface area contributed by atoms with Crippen LogP contribution in [0.1, 0.15) is 33.7 Å². The molecule has 0 aromatic heterocycles. The third kappa shape index (κ3) is 5.59. The number of aryl methyl sites for hydroxylation is 2. The Morgan fingerprint density at radius 3 is 2.26 bits per heavy atom. The average Bonchev–Trinajstić information content (AvgIpc) is 2.82. The Morgan fingerprint density at radius 2 is 1.56 bits per heavy atom. The Kier molecular flexibility index (Phi) is 7.19. The van der Waals surface area contributed by atoms with E-state index in [4.69, 9.17) is 10.5 Å². The SMILES string of the molecule is Cc1ccc(CC(=O)Oc2ccc(C(CN)C(=O)Cc3ccc4ccccc4c3)cc2)c(C)c1. The molecule has 2 N–H and O–H groups in total. The molecule has 172 valence electrons. The smallest absolute Gasteiger partial charge is 0.315 e. The van der Waals surface area contributed by atoms with E-state index in [0.717, 1.165) is 38.6 Å². The quantitative estimate of drug-likeness (QED) is 0.285. The Morgan fingerprint density at radius 1 is 0.824 bits per heavy atom. The first-order valence-electron chi connectivity index (χ1n) is 11.5. The van der Waals surface area contributed by atoms with Crippen molar-refractivity contribution in [3.63, 3.8) is 0 Å². The first kappa shape index (κ1) is 23.4. The highest BCUT2D eigenvalue weighted by Crippen LogP contribution is 2.23. The Balaban J connectivity index is 1.40. The van der Waals surface area contributed by atoms with Gasteiger partial charge in [-0.15, -0.1) is 0 Å². The third-order valence-corrected chi connectivity index (χ3v) is 6.16. The van der Waals surface area contributed by atoms with Crippen molar-refractivity contribution in [2.75, 3.05) is 6.54 Å². The summed E-state index contributed by atoms with van der Waals surface area (Å²) in [6.07, 6.45) is 0.531. The van der Waals surface area contributed by atoms with Crippen LogP contribution in [-0.4, -0.2) is 18.3 Å². The number of fused-ring (bicyclic) bond motifs is 1. The van der Waals surface area contributed by atoms with Crippen molar-refractivity contribution in [3.8, 4) is 5.75 Å². The van der Waals surface area contributed by atoms with E-state index in [1.54, 1.807) is 12.1 Å². The largest absolute Gasteiger partial charge is 0.426 e. The number of benzene rings is 4. The fourth-order valence-electron chi connectivity index (χ4n) is 4.26. The number of carbonyl (C=O) groups excluding carboxylic acids is 2. The summed E-state index contributed by atoms with van der Waals surface area (Å²) in [7, 11) is 0. The fourth-order valence-corrected chi connectivity index (χ4v) is 4.26. The topological polar surface area (TPSA) is 69.4 Å². The molecule has 0 amide bonds. The molecule has 0 aliphatic heterocycles. The molecule has 34 heavy (non-hydrogen) atoms. The van der Waals surface area contributed by atoms with Gasteiger partial charge in [0, 0.05) is 13.0 Å². The summed E-state index contributed by atoms with van der Waals surface area (Å²) in [4.78, 5) is 25.4. The summed E-state index contributed by atoms with van der Waals surface area (Å²) in [5.41, 5.74) is 11.0. The standard InChI is InChI=1S/C30H29NO3/c1-20-7-9-25(21(2)15-20)18-30(33)34-27-13-11-24(12-14-27)28(19-31)29(32)17-22-8-10-23-5-3-4-6-26(23)16-22/h3-16,28H,17-19,31H2,1-2H3. The number of ketones is 1. The van der Waals surface area contributed by atoms with Crippen LogP contribution in [0.25, 0.3) is 10.8 Å². The van der Waals surface area contributed by atoms with Gasteiger partial charge in [0.1, 0.15) is 11.5 Å². The van der Waals surface area contributed by atoms with E-state index in [-0.39, 0.29) is 24.7 Å². The van der Waals surface area contributed by atoms with Gasteiger partial charge >= 0.3 is 5.97 Å². The van der Waals surface area contributed by atoms with E-state index in [2.05, 4.69) is 18.2 Å². The van der Waals surface area contributed by atoms with Crippen LogP contribution >= 0.6 is 0 Å². The van der Waals surface area contributed by atoms with Crippen molar-refractivity contribution in [3.05, 3.63) is 113 Å². The van der Waals surface area contributed by atoms with Crippen LogP contribution < -0.4 is 10.5 Å². The normalized spacial score (nSPS) is 11.9. The molecule has 1 unspecified atom stereocenters. The first-order valence-corrected chi connectivity index (χ1v) is 11.5. The van der Waals surface area contributed by atoms with Crippen LogP contribution in [0.4, 0.5) is 0 Å². The third-order valence-electron chi connectivity index (χ3n) is 6.16. The van der Waals surface area contributed by atoms with Crippen LogP contribution in [0.3, 0.4) is 0 Å². The molecule has 0 saturated heterocycles. The zero-order valence-electron chi connectivity index (χ0n) is 19.6. The lowest BCUT2D eigenvalue weighted by Crippen LogP contribution is -2.23. The van der Waals surface area contributed by atoms with Gasteiger partial charge in [0.15, 0.2) is 0 Å². The molecule has 0 aliphatic carbocycles. The monoisotopic (exact) mass is 451 g/mol. The average molecular weight is 452 g/mol. The summed E-state index contributed by atoms with van der Waals surface area (Å²) in [6, 6.07) is 27.3. The van der Waals surface area contributed by atoms with Gasteiger partial charge in [-0.25, -0.2) is 0 Å². The summed E-state index contributed by atoms with van der Waals surface area (Å²) in [6.45, 7) is 4.24. The van der Waals surface area contributed by atoms with Gasteiger partial charge in [-0.05, 0) is 59.0 Å². The van der Waals surface area contributed by atoms with Gasteiger partial charge in [0.25, 0.3) is 0 Å². The second kappa shape index (κ2) is 10.4. The molecule has 4 aromatic rings. The summed E-state index contributed by atoms with van der Waals surface area (Å²) in [5, 5.41) is 2.26. The minimum Gasteiger partial charge on any atom is -0.426 e. The zero-order valence-corrected chi connectivity index (χ0v) is 19.6. The number of hydrogen-bond donors (Lipinski definition) is 1. The molecule has 1 atom stereocenters. The number of carbonyl (C=O) groups is 2. The summed E-state index contributed by atoms with van der Waals surface area (Å²) in [5.74, 6) is -0.206. The van der Waals surface area contributed by atoms with Crippen molar-refractivity contribution >= 4 is 22.5 Å². The Hall–Kier alpha value is -3.76. The van der Waals surface area contributed by atoms with E-state index >= 15 is 0 Å². The minimum absolute atomic E-state index is 0.0670.